The average Bonchev–Trinajstić information content (AvgIpc) is 3.06. The van der Waals surface area contributed by atoms with Crippen LogP contribution in [0.25, 0.3) is 0 Å². The molecule has 1 amide bonds. The van der Waals surface area contributed by atoms with E-state index >= 15 is 0 Å². The first-order valence-corrected chi connectivity index (χ1v) is 10.2. The van der Waals surface area contributed by atoms with Crippen molar-refractivity contribution in [1.82, 2.24) is 4.31 Å². The maximum Gasteiger partial charge on any atom is 0.245 e. The largest absolute Gasteiger partial charge is 0.325 e. The number of hydrogen-bond donors (Lipinski definition) is 1. The molecule has 1 aliphatic heterocycles. The topological polar surface area (TPSA) is 66.5 Å². The van der Waals surface area contributed by atoms with E-state index in [9.17, 15) is 13.2 Å². The van der Waals surface area contributed by atoms with E-state index in [-0.39, 0.29) is 16.8 Å². The van der Waals surface area contributed by atoms with Crippen LogP contribution in [0, 0.1) is 13.8 Å². The first-order valence-electron chi connectivity index (χ1n) is 8.75. The fraction of sp³-hybridized carbons (Fsp3) is 0.350. The standard InChI is InChI=1S/C20H24N2O3S/c1-14-6-4-7-17(12-14)19-8-5-11-22(19)26(24,25)20-13-15(2)9-10-18(20)21-16(3)23/h4,6-7,9-10,12-13,19H,5,8,11H2,1-3H3,(H,21,23). The summed E-state index contributed by atoms with van der Waals surface area (Å²) in [7, 11) is -3.73. The van der Waals surface area contributed by atoms with Gasteiger partial charge in [-0.25, -0.2) is 8.42 Å². The summed E-state index contributed by atoms with van der Waals surface area (Å²) >= 11 is 0. The first-order chi connectivity index (χ1) is 12.3. The van der Waals surface area contributed by atoms with Gasteiger partial charge in [0.1, 0.15) is 4.90 Å². The zero-order valence-corrected chi connectivity index (χ0v) is 16.1. The van der Waals surface area contributed by atoms with Gasteiger partial charge in [-0.05, 0) is 49.9 Å². The normalized spacial score (nSPS) is 18.0. The van der Waals surface area contributed by atoms with Gasteiger partial charge in [-0.1, -0.05) is 35.9 Å². The fourth-order valence-electron chi connectivity index (χ4n) is 3.50. The van der Waals surface area contributed by atoms with Gasteiger partial charge in [-0.2, -0.15) is 4.31 Å². The molecule has 1 aliphatic rings. The van der Waals surface area contributed by atoms with Gasteiger partial charge in [-0.15, -0.1) is 0 Å². The van der Waals surface area contributed by atoms with E-state index in [0.717, 1.165) is 29.5 Å². The lowest BCUT2D eigenvalue weighted by Gasteiger charge is -2.26. The van der Waals surface area contributed by atoms with Crippen molar-refractivity contribution in [3.05, 3.63) is 59.2 Å². The zero-order chi connectivity index (χ0) is 18.9. The van der Waals surface area contributed by atoms with Crippen LogP contribution in [0.5, 0.6) is 0 Å². The van der Waals surface area contributed by atoms with Crippen molar-refractivity contribution in [1.29, 1.82) is 0 Å². The summed E-state index contributed by atoms with van der Waals surface area (Å²) in [6.07, 6.45) is 1.61. The third-order valence-electron chi connectivity index (χ3n) is 4.67. The Labute approximate surface area is 155 Å². The molecule has 2 aromatic carbocycles. The molecule has 0 spiro atoms. The molecule has 0 aliphatic carbocycles. The molecule has 6 heteroatoms. The third kappa shape index (κ3) is 3.66. The molecule has 3 rings (SSSR count). The molecule has 1 heterocycles. The summed E-state index contributed by atoms with van der Waals surface area (Å²) in [5.41, 5.74) is 3.29. The van der Waals surface area contributed by atoms with E-state index in [1.54, 1.807) is 22.5 Å². The van der Waals surface area contributed by atoms with Crippen LogP contribution in [0.15, 0.2) is 47.4 Å². The van der Waals surface area contributed by atoms with E-state index in [2.05, 4.69) is 5.32 Å². The van der Waals surface area contributed by atoms with Gasteiger partial charge >= 0.3 is 0 Å². The fourth-order valence-corrected chi connectivity index (χ4v) is 5.42. The second-order valence-electron chi connectivity index (χ2n) is 6.87. The quantitative estimate of drug-likeness (QED) is 0.888. The van der Waals surface area contributed by atoms with Gasteiger partial charge in [0.05, 0.1) is 11.7 Å². The highest BCUT2D eigenvalue weighted by atomic mass is 32.2. The van der Waals surface area contributed by atoms with E-state index < -0.39 is 10.0 Å². The summed E-state index contributed by atoms with van der Waals surface area (Å²) in [6.45, 7) is 5.71. The van der Waals surface area contributed by atoms with Crippen LogP contribution in [0.3, 0.4) is 0 Å². The minimum Gasteiger partial charge on any atom is -0.325 e. The van der Waals surface area contributed by atoms with Crippen molar-refractivity contribution in [3.63, 3.8) is 0 Å². The maximum absolute atomic E-state index is 13.4. The van der Waals surface area contributed by atoms with Crippen molar-refractivity contribution < 1.29 is 13.2 Å². The second-order valence-corrected chi connectivity index (χ2v) is 8.73. The highest BCUT2D eigenvalue weighted by Gasteiger charge is 2.37. The monoisotopic (exact) mass is 372 g/mol. The number of sulfonamides is 1. The molecule has 0 radical (unpaired) electrons. The smallest absolute Gasteiger partial charge is 0.245 e. The number of anilines is 1. The summed E-state index contributed by atoms with van der Waals surface area (Å²) < 4.78 is 28.4. The molecule has 0 bridgehead atoms. The Bertz CT molecular complexity index is 938. The minimum atomic E-state index is -3.73. The lowest BCUT2D eigenvalue weighted by molar-refractivity contribution is -0.114. The minimum absolute atomic E-state index is 0.159. The number of rotatable bonds is 4. The molecule has 1 unspecified atom stereocenters. The van der Waals surface area contributed by atoms with Crippen LogP contribution in [0.1, 0.15) is 42.5 Å². The molecule has 138 valence electrons. The molecule has 1 fully saturated rings. The SMILES string of the molecule is CC(=O)Nc1ccc(C)cc1S(=O)(=O)N1CCCC1c1cccc(C)c1. The molecule has 26 heavy (non-hydrogen) atoms. The predicted molar refractivity (Wildman–Crippen MR) is 103 cm³/mol. The van der Waals surface area contributed by atoms with Gasteiger partial charge in [0, 0.05) is 13.5 Å². The lowest BCUT2D eigenvalue weighted by atomic mass is 10.0. The first kappa shape index (κ1) is 18.6. The van der Waals surface area contributed by atoms with Crippen molar-refractivity contribution in [2.75, 3.05) is 11.9 Å². The molecule has 0 saturated carbocycles. The highest BCUT2D eigenvalue weighted by molar-refractivity contribution is 7.89. The van der Waals surface area contributed by atoms with Crippen molar-refractivity contribution in [3.8, 4) is 0 Å². The van der Waals surface area contributed by atoms with Crippen molar-refractivity contribution in [2.24, 2.45) is 0 Å². The van der Waals surface area contributed by atoms with Crippen LogP contribution in [0.4, 0.5) is 5.69 Å². The van der Waals surface area contributed by atoms with Gasteiger partial charge < -0.3 is 5.32 Å². The molecule has 2 aromatic rings. The van der Waals surface area contributed by atoms with Crippen LogP contribution >= 0.6 is 0 Å². The van der Waals surface area contributed by atoms with Gasteiger partial charge in [-0.3, -0.25) is 4.79 Å². The Balaban J connectivity index is 2.05. The molecule has 5 nitrogen and oxygen atoms in total. The molecule has 0 aromatic heterocycles. The van der Waals surface area contributed by atoms with E-state index in [1.165, 1.54) is 6.92 Å². The Hall–Kier alpha value is -2.18. The van der Waals surface area contributed by atoms with Crippen molar-refractivity contribution in [2.45, 2.75) is 44.6 Å². The number of hydrogen-bond acceptors (Lipinski definition) is 3. The van der Waals surface area contributed by atoms with Crippen LogP contribution in [0.2, 0.25) is 0 Å². The molecular weight excluding hydrogens is 348 g/mol. The lowest BCUT2D eigenvalue weighted by Crippen LogP contribution is -2.31. The molecular formula is C20H24N2O3S. The van der Waals surface area contributed by atoms with Gasteiger partial charge in [0.15, 0.2) is 0 Å². The summed E-state index contributed by atoms with van der Waals surface area (Å²) in [6, 6.07) is 12.9. The Morgan fingerprint density at radius 3 is 2.54 bits per heavy atom. The van der Waals surface area contributed by atoms with Crippen LogP contribution in [-0.4, -0.2) is 25.2 Å². The zero-order valence-electron chi connectivity index (χ0n) is 15.3. The van der Waals surface area contributed by atoms with E-state index in [0.29, 0.717) is 12.2 Å². The average molecular weight is 372 g/mol. The number of amides is 1. The number of benzene rings is 2. The molecule has 1 atom stereocenters. The van der Waals surface area contributed by atoms with E-state index in [4.69, 9.17) is 0 Å². The van der Waals surface area contributed by atoms with Gasteiger partial charge in [0.25, 0.3) is 0 Å². The molecule has 1 N–H and O–H groups in total. The van der Waals surface area contributed by atoms with Crippen LogP contribution in [-0.2, 0) is 14.8 Å². The number of aryl methyl sites for hydroxylation is 2. The number of nitrogens with zero attached hydrogens (tertiary/aromatic N) is 1. The summed E-state index contributed by atoms with van der Waals surface area (Å²) in [4.78, 5) is 11.7. The van der Waals surface area contributed by atoms with Crippen molar-refractivity contribution >= 4 is 21.6 Å². The number of carbonyl (C=O) groups excluding carboxylic acids is 1. The third-order valence-corrected chi connectivity index (χ3v) is 6.61. The van der Waals surface area contributed by atoms with E-state index in [1.807, 2.05) is 38.1 Å². The Morgan fingerprint density at radius 2 is 1.85 bits per heavy atom. The maximum atomic E-state index is 13.4. The number of carbonyl (C=O) groups is 1. The van der Waals surface area contributed by atoms with Gasteiger partial charge in [0.2, 0.25) is 15.9 Å². The van der Waals surface area contributed by atoms with Crippen LogP contribution < -0.4 is 5.32 Å². The Morgan fingerprint density at radius 1 is 1.12 bits per heavy atom. The molecule has 1 saturated heterocycles. The second kappa shape index (κ2) is 7.21. The highest BCUT2D eigenvalue weighted by Crippen LogP contribution is 2.38. The Kier molecular flexibility index (Phi) is 5.16. The summed E-state index contributed by atoms with van der Waals surface area (Å²) in [5, 5.41) is 2.65. The summed E-state index contributed by atoms with van der Waals surface area (Å²) in [5.74, 6) is -0.290. The number of nitrogens with one attached hydrogen (secondary N) is 1. The predicted octanol–water partition coefficient (Wildman–Crippen LogP) is 3.79.